The van der Waals surface area contributed by atoms with Crippen molar-refractivity contribution in [3.05, 3.63) is 28.2 Å². The van der Waals surface area contributed by atoms with Crippen LogP contribution < -0.4 is 4.74 Å². The first-order chi connectivity index (χ1) is 10.8. The summed E-state index contributed by atoms with van der Waals surface area (Å²) < 4.78 is 30.4. The highest BCUT2D eigenvalue weighted by Gasteiger charge is 2.27. The van der Waals surface area contributed by atoms with Crippen LogP contribution in [0.15, 0.2) is 18.2 Å². The maximum absolute atomic E-state index is 12.1. The molecule has 0 unspecified atom stereocenters. The molecule has 1 saturated heterocycles. The fourth-order valence-corrected chi connectivity index (χ4v) is 3.77. The molecule has 0 atom stereocenters. The van der Waals surface area contributed by atoms with Gasteiger partial charge in [-0.3, -0.25) is 4.79 Å². The molecule has 1 aromatic rings. The van der Waals surface area contributed by atoms with Gasteiger partial charge in [0.05, 0.1) is 10.8 Å². The smallest absolute Gasteiger partial charge is 0.260 e. The summed E-state index contributed by atoms with van der Waals surface area (Å²) in [6.45, 7) is 2.79. The van der Waals surface area contributed by atoms with Crippen LogP contribution in [0.3, 0.4) is 0 Å². The van der Waals surface area contributed by atoms with Crippen molar-refractivity contribution in [1.29, 1.82) is 0 Å². The van der Waals surface area contributed by atoms with E-state index in [4.69, 9.17) is 27.9 Å². The minimum Gasteiger partial charge on any atom is -0.482 e. The Morgan fingerprint density at radius 1 is 1.22 bits per heavy atom. The van der Waals surface area contributed by atoms with Gasteiger partial charge in [0.2, 0.25) is 10.0 Å². The number of hydrogen-bond donors (Lipinski definition) is 0. The third kappa shape index (κ3) is 4.73. The number of hydrogen-bond acceptors (Lipinski definition) is 4. The monoisotopic (exact) mass is 380 g/mol. The summed E-state index contributed by atoms with van der Waals surface area (Å²) in [5.74, 6) is 0.250. The van der Waals surface area contributed by atoms with Gasteiger partial charge in [0.1, 0.15) is 5.75 Å². The van der Waals surface area contributed by atoms with E-state index in [0.717, 1.165) is 0 Å². The molecule has 1 amide bonds. The average Bonchev–Trinajstić information content (AvgIpc) is 2.54. The Labute approximate surface area is 146 Å². The van der Waals surface area contributed by atoms with Crippen molar-refractivity contribution in [2.24, 2.45) is 0 Å². The summed E-state index contributed by atoms with van der Waals surface area (Å²) in [7, 11) is -3.20. The van der Waals surface area contributed by atoms with E-state index in [1.54, 1.807) is 24.0 Å². The van der Waals surface area contributed by atoms with E-state index in [-0.39, 0.29) is 18.3 Å². The summed E-state index contributed by atoms with van der Waals surface area (Å²) >= 11 is 11.8. The first kappa shape index (κ1) is 18.3. The van der Waals surface area contributed by atoms with Crippen LogP contribution in [0.5, 0.6) is 5.75 Å². The van der Waals surface area contributed by atoms with Crippen molar-refractivity contribution < 1.29 is 17.9 Å². The summed E-state index contributed by atoms with van der Waals surface area (Å²) in [6.07, 6.45) is 0. The number of nitrogens with zero attached hydrogens (tertiary/aromatic N) is 2. The Kier molecular flexibility index (Phi) is 6.13. The Morgan fingerprint density at radius 3 is 2.43 bits per heavy atom. The molecule has 0 radical (unpaired) electrons. The number of amides is 1. The molecule has 0 aromatic heterocycles. The number of piperazine rings is 1. The zero-order valence-corrected chi connectivity index (χ0v) is 15.0. The topological polar surface area (TPSA) is 66.9 Å². The zero-order valence-electron chi connectivity index (χ0n) is 12.7. The predicted molar refractivity (Wildman–Crippen MR) is 89.6 cm³/mol. The minimum atomic E-state index is -3.20. The molecule has 2 rings (SSSR count). The first-order valence-electron chi connectivity index (χ1n) is 7.17. The molecule has 0 spiro atoms. The Hall–Kier alpha value is -1.02. The van der Waals surface area contributed by atoms with E-state index < -0.39 is 10.0 Å². The maximum Gasteiger partial charge on any atom is 0.260 e. The van der Waals surface area contributed by atoms with Crippen LogP contribution in [0.4, 0.5) is 0 Å². The van der Waals surface area contributed by atoms with Crippen LogP contribution in [0.2, 0.25) is 10.0 Å². The second-order valence-corrected chi connectivity index (χ2v) is 8.15. The number of halogens is 2. The van der Waals surface area contributed by atoms with Crippen molar-refractivity contribution >= 4 is 39.1 Å². The van der Waals surface area contributed by atoms with E-state index in [1.807, 2.05) is 0 Å². The quantitative estimate of drug-likeness (QED) is 0.781. The Morgan fingerprint density at radius 2 is 1.87 bits per heavy atom. The predicted octanol–water partition coefficient (Wildman–Crippen LogP) is 1.87. The van der Waals surface area contributed by atoms with Gasteiger partial charge in [-0.25, -0.2) is 8.42 Å². The molecule has 9 heteroatoms. The van der Waals surface area contributed by atoms with Crippen molar-refractivity contribution in [2.45, 2.75) is 6.92 Å². The molecule has 23 heavy (non-hydrogen) atoms. The molecular weight excluding hydrogens is 363 g/mol. The van der Waals surface area contributed by atoms with Crippen LogP contribution >= 0.6 is 23.2 Å². The summed E-state index contributed by atoms with van der Waals surface area (Å²) in [5.41, 5.74) is 0. The van der Waals surface area contributed by atoms with Gasteiger partial charge in [-0.15, -0.1) is 0 Å². The molecule has 0 N–H and O–H groups in total. The fraction of sp³-hybridized carbons (Fsp3) is 0.500. The lowest BCUT2D eigenvalue weighted by Gasteiger charge is -2.33. The standard InChI is InChI=1S/C14H18Cl2N2O4S/c1-2-23(20,21)18-7-5-17(6-8-18)14(19)10-22-13-4-3-11(15)9-12(13)16/h3-4,9H,2,5-8,10H2,1H3. The largest absolute Gasteiger partial charge is 0.482 e. The van der Waals surface area contributed by atoms with Crippen LogP contribution in [0, 0.1) is 0 Å². The lowest BCUT2D eigenvalue weighted by Crippen LogP contribution is -2.51. The highest BCUT2D eigenvalue weighted by Crippen LogP contribution is 2.27. The van der Waals surface area contributed by atoms with E-state index >= 15 is 0 Å². The van der Waals surface area contributed by atoms with Gasteiger partial charge in [0.25, 0.3) is 5.91 Å². The molecule has 0 bridgehead atoms. The molecule has 1 heterocycles. The van der Waals surface area contributed by atoms with E-state index in [1.165, 1.54) is 10.4 Å². The Bertz CT molecular complexity index is 673. The highest BCUT2D eigenvalue weighted by atomic mass is 35.5. The number of benzene rings is 1. The molecule has 0 aliphatic carbocycles. The molecule has 0 saturated carbocycles. The first-order valence-corrected chi connectivity index (χ1v) is 9.53. The lowest BCUT2D eigenvalue weighted by atomic mass is 10.3. The van der Waals surface area contributed by atoms with Gasteiger partial charge < -0.3 is 9.64 Å². The van der Waals surface area contributed by atoms with Crippen molar-refractivity contribution in [3.63, 3.8) is 0 Å². The van der Waals surface area contributed by atoms with Gasteiger partial charge in [0.15, 0.2) is 6.61 Å². The average molecular weight is 381 g/mol. The van der Waals surface area contributed by atoms with Crippen LogP contribution in [-0.4, -0.2) is 62.1 Å². The summed E-state index contributed by atoms with van der Waals surface area (Å²) in [6, 6.07) is 4.77. The number of sulfonamides is 1. The second-order valence-electron chi connectivity index (χ2n) is 5.04. The number of carbonyl (C=O) groups excluding carboxylic acids is 1. The lowest BCUT2D eigenvalue weighted by molar-refractivity contribution is -0.134. The van der Waals surface area contributed by atoms with Gasteiger partial charge >= 0.3 is 0 Å². The van der Waals surface area contributed by atoms with Crippen molar-refractivity contribution in [3.8, 4) is 5.75 Å². The molecule has 128 valence electrons. The van der Waals surface area contributed by atoms with Gasteiger partial charge in [-0.2, -0.15) is 4.31 Å². The van der Waals surface area contributed by atoms with Crippen LogP contribution in [0.25, 0.3) is 0 Å². The third-order valence-corrected chi connectivity index (χ3v) is 6.01. The molecule has 6 nitrogen and oxygen atoms in total. The van der Waals surface area contributed by atoms with E-state index in [0.29, 0.717) is 42.0 Å². The summed E-state index contributed by atoms with van der Waals surface area (Å²) in [4.78, 5) is 13.7. The van der Waals surface area contributed by atoms with Gasteiger partial charge in [0, 0.05) is 31.2 Å². The third-order valence-electron chi connectivity index (χ3n) is 3.59. The molecule has 1 fully saturated rings. The summed E-state index contributed by atoms with van der Waals surface area (Å²) in [5, 5.41) is 0.825. The zero-order chi connectivity index (χ0) is 17.0. The van der Waals surface area contributed by atoms with Crippen LogP contribution in [-0.2, 0) is 14.8 Å². The number of ether oxygens (including phenoxy) is 1. The minimum absolute atomic E-state index is 0.0686. The molecule has 1 aliphatic heterocycles. The highest BCUT2D eigenvalue weighted by molar-refractivity contribution is 7.89. The molecule has 1 aromatic carbocycles. The normalized spacial score (nSPS) is 16.4. The maximum atomic E-state index is 12.1. The second kappa shape index (κ2) is 7.70. The number of rotatable bonds is 5. The van der Waals surface area contributed by atoms with Gasteiger partial charge in [-0.1, -0.05) is 23.2 Å². The van der Waals surface area contributed by atoms with Crippen LogP contribution in [0.1, 0.15) is 6.92 Å². The number of carbonyl (C=O) groups is 1. The van der Waals surface area contributed by atoms with E-state index in [9.17, 15) is 13.2 Å². The fourth-order valence-electron chi connectivity index (χ4n) is 2.22. The SMILES string of the molecule is CCS(=O)(=O)N1CCN(C(=O)COc2ccc(Cl)cc2Cl)CC1. The van der Waals surface area contributed by atoms with Crippen molar-refractivity contribution in [1.82, 2.24) is 9.21 Å². The van der Waals surface area contributed by atoms with E-state index in [2.05, 4.69) is 0 Å². The van der Waals surface area contributed by atoms with Gasteiger partial charge in [-0.05, 0) is 25.1 Å². The van der Waals surface area contributed by atoms with Crippen molar-refractivity contribution in [2.75, 3.05) is 38.5 Å². The Balaban J connectivity index is 1.86. The molecular formula is C14H18Cl2N2O4S. The molecule has 1 aliphatic rings.